The highest BCUT2D eigenvalue weighted by atomic mass is 32.2. The van der Waals surface area contributed by atoms with Gasteiger partial charge in [0.2, 0.25) is 0 Å². The van der Waals surface area contributed by atoms with Crippen LogP contribution in [0.3, 0.4) is 0 Å². The molecule has 0 unspecified atom stereocenters. The fourth-order valence-corrected chi connectivity index (χ4v) is 3.40. The molecule has 0 bridgehead atoms. The summed E-state index contributed by atoms with van der Waals surface area (Å²) in [5.41, 5.74) is 0.399. The summed E-state index contributed by atoms with van der Waals surface area (Å²) in [7, 11) is -2.52. The molecule has 0 aliphatic carbocycles. The minimum absolute atomic E-state index is 0.0625. The van der Waals surface area contributed by atoms with Gasteiger partial charge in [0.05, 0.1) is 12.0 Å². The summed E-state index contributed by atoms with van der Waals surface area (Å²) in [4.78, 5) is 11.1. The van der Waals surface area contributed by atoms with Gasteiger partial charge in [-0.1, -0.05) is 18.2 Å². The Labute approximate surface area is 168 Å². The number of esters is 1. The zero-order valence-corrected chi connectivity index (χ0v) is 16.4. The number of hydrogen-bond donors (Lipinski definition) is 1. The highest BCUT2D eigenvalue weighted by Crippen LogP contribution is 2.24. The van der Waals surface area contributed by atoms with Crippen molar-refractivity contribution in [1.29, 1.82) is 0 Å². The van der Waals surface area contributed by atoms with Crippen LogP contribution in [0.2, 0.25) is 0 Å². The van der Waals surface area contributed by atoms with Gasteiger partial charge in [-0.15, -0.1) is 0 Å². The molecule has 3 rings (SSSR count). The molecule has 0 atom stereocenters. The average molecular weight is 413 g/mol. The predicted octanol–water partition coefficient (Wildman–Crippen LogP) is 3.83. The zero-order valence-electron chi connectivity index (χ0n) is 15.6. The van der Waals surface area contributed by atoms with Gasteiger partial charge in [0.25, 0.3) is 10.0 Å². The fraction of sp³-hybridized carbons (Fsp3) is 0.0952. The number of benzene rings is 3. The number of methoxy groups -OCH3 is 1. The second-order valence-corrected chi connectivity index (χ2v) is 7.56. The molecule has 0 fully saturated rings. The molecule has 0 saturated heterocycles. The van der Waals surface area contributed by atoms with E-state index in [-0.39, 0.29) is 11.5 Å². The molecular formula is C21H19NO6S. The Hall–Kier alpha value is -3.52. The molecule has 0 aromatic heterocycles. The summed E-state index contributed by atoms with van der Waals surface area (Å²) in [6, 6.07) is 21.6. The largest absolute Gasteiger partial charge is 0.482 e. The van der Waals surface area contributed by atoms with Crippen LogP contribution in [0.25, 0.3) is 0 Å². The quantitative estimate of drug-likeness (QED) is 0.565. The van der Waals surface area contributed by atoms with E-state index in [4.69, 9.17) is 9.47 Å². The van der Waals surface area contributed by atoms with Gasteiger partial charge in [0.1, 0.15) is 17.2 Å². The number of rotatable bonds is 8. The van der Waals surface area contributed by atoms with Gasteiger partial charge in [-0.05, 0) is 60.7 Å². The molecule has 0 radical (unpaired) electrons. The van der Waals surface area contributed by atoms with Crippen molar-refractivity contribution in [3.05, 3.63) is 78.9 Å². The average Bonchev–Trinajstić information content (AvgIpc) is 2.74. The lowest BCUT2D eigenvalue weighted by Crippen LogP contribution is -2.14. The highest BCUT2D eigenvalue weighted by Gasteiger charge is 2.14. The van der Waals surface area contributed by atoms with E-state index in [2.05, 4.69) is 9.46 Å². The number of ether oxygens (including phenoxy) is 3. The van der Waals surface area contributed by atoms with Gasteiger partial charge >= 0.3 is 5.97 Å². The minimum Gasteiger partial charge on any atom is -0.482 e. The van der Waals surface area contributed by atoms with E-state index >= 15 is 0 Å². The summed E-state index contributed by atoms with van der Waals surface area (Å²) >= 11 is 0. The third-order valence-corrected chi connectivity index (χ3v) is 5.20. The van der Waals surface area contributed by atoms with Gasteiger partial charge in [-0.25, -0.2) is 13.2 Å². The molecule has 0 saturated carbocycles. The highest BCUT2D eigenvalue weighted by molar-refractivity contribution is 7.92. The molecule has 0 spiro atoms. The second-order valence-electron chi connectivity index (χ2n) is 5.88. The van der Waals surface area contributed by atoms with Gasteiger partial charge < -0.3 is 14.2 Å². The van der Waals surface area contributed by atoms with E-state index in [1.54, 1.807) is 24.3 Å². The van der Waals surface area contributed by atoms with E-state index in [1.165, 1.54) is 31.4 Å². The minimum atomic E-state index is -3.78. The van der Waals surface area contributed by atoms with Crippen LogP contribution in [-0.4, -0.2) is 28.1 Å². The number of anilines is 1. The van der Waals surface area contributed by atoms with Crippen molar-refractivity contribution in [3.63, 3.8) is 0 Å². The first kappa shape index (κ1) is 20.2. The molecule has 150 valence electrons. The SMILES string of the molecule is COC(=O)COc1ccc(S(=O)(=O)Nc2ccc(Oc3ccccc3)cc2)cc1. The number of sulfonamides is 1. The summed E-state index contributed by atoms with van der Waals surface area (Å²) in [5.74, 6) is 1.11. The van der Waals surface area contributed by atoms with Crippen molar-refractivity contribution in [2.24, 2.45) is 0 Å². The van der Waals surface area contributed by atoms with E-state index in [0.717, 1.165) is 0 Å². The Morgan fingerprint density at radius 1 is 0.828 bits per heavy atom. The van der Waals surface area contributed by atoms with E-state index < -0.39 is 16.0 Å². The summed E-state index contributed by atoms with van der Waals surface area (Å²) < 4.78 is 43.0. The van der Waals surface area contributed by atoms with E-state index in [1.807, 2.05) is 30.3 Å². The lowest BCUT2D eigenvalue weighted by molar-refractivity contribution is -0.142. The van der Waals surface area contributed by atoms with E-state index in [9.17, 15) is 13.2 Å². The third-order valence-electron chi connectivity index (χ3n) is 3.80. The van der Waals surface area contributed by atoms with Crippen LogP contribution in [0, 0.1) is 0 Å². The van der Waals surface area contributed by atoms with E-state index in [0.29, 0.717) is 22.9 Å². The molecule has 0 aliphatic heterocycles. The maximum absolute atomic E-state index is 12.5. The molecule has 3 aromatic rings. The lowest BCUT2D eigenvalue weighted by atomic mass is 10.3. The molecule has 8 heteroatoms. The smallest absolute Gasteiger partial charge is 0.343 e. The van der Waals surface area contributed by atoms with Crippen molar-refractivity contribution in [1.82, 2.24) is 0 Å². The molecule has 3 aromatic carbocycles. The maximum Gasteiger partial charge on any atom is 0.343 e. The van der Waals surface area contributed by atoms with Gasteiger partial charge in [0.15, 0.2) is 6.61 Å². The van der Waals surface area contributed by atoms with Gasteiger partial charge in [-0.2, -0.15) is 0 Å². The molecule has 0 amide bonds. The van der Waals surface area contributed by atoms with Gasteiger partial charge in [0, 0.05) is 5.69 Å². The predicted molar refractivity (Wildman–Crippen MR) is 108 cm³/mol. The normalized spacial score (nSPS) is 10.8. The standard InChI is InChI=1S/C21H19NO6S/c1-26-21(23)15-27-17-11-13-20(14-12-17)29(24,25)22-16-7-9-19(10-8-16)28-18-5-3-2-4-6-18/h2-14,22H,15H2,1H3. The van der Waals surface area contributed by atoms with Crippen LogP contribution in [0.15, 0.2) is 83.8 Å². The summed E-state index contributed by atoms with van der Waals surface area (Å²) in [5, 5.41) is 0. The first-order valence-electron chi connectivity index (χ1n) is 8.62. The number of para-hydroxylation sites is 1. The number of nitrogens with one attached hydrogen (secondary N) is 1. The van der Waals surface area contributed by atoms with Crippen molar-refractivity contribution in [3.8, 4) is 17.2 Å². The van der Waals surface area contributed by atoms with Crippen LogP contribution in [-0.2, 0) is 19.6 Å². The summed E-state index contributed by atoms with van der Waals surface area (Å²) in [6.07, 6.45) is 0. The third kappa shape index (κ3) is 5.73. The Balaban J connectivity index is 1.63. The van der Waals surface area contributed by atoms with Crippen molar-refractivity contribution in [2.45, 2.75) is 4.90 Å². The fourth-order valence-electron chi connectivity index (χ4n) is 2.35. The molecule has 7 nitrogen and oxygen atoms in total. The Bertz CT molecular complexity index is 1050. The molecule has 0 heterocycles. The summed E-state index contributed by atoms with van der Waals surface area (Å²) in [6.45, 7) is -0.252. The van der Waals surface area contributed by atoms with Crippen LogP contribution in [0.1, 0.15) is 0 Å². The van der Waals surface area contributed by atoms with Crippen molar-refractivity contribution >= 4 is 21.7 Å². The number of carbonyl (C=O) groups excluding carboxylic acids is 1. The number of hydrogen-bond acceptors (Lipinski definition) is 6. The number of carbonyl (C=O) groups is 1. The van der Waals surface area contributed by atoms with Crippen molar-refractivity contribution < 1.29 is 27.4 Å². The van der Waals surface area contributed by atoms with Gasteiger partial charge in [-0.3, -0.25) is 4.72 Å². The molecule has 29 heavy (non-hydrogen) atoms. The zero-order chi connectivity index (χ0) is 20.7. The molecule has 0 aliphatic rings. The maximum atomic E-state index is 12.5. The van der Waals surface area contributed by atoms with Crippen LogP contribution >= 0.6 is 0 Å². The monoisotopic (exact) mass is 413 g/mol. The lowest BCUT2D eigenvalue weighted by Gasteiger charge is -2.10. The second kappa shape index (κ2) is 9.11. The Morgan fingerprint density at radius 2 is 1.41 bits per heavy atom. The van der Waals surface area contributed by atoms with Crippen LogP contribution in [0.4, 0.5) is 5.69 Å². The molecule has 1 N–H and O–H groups in total. The Morgan fingerprint density at radius 3 is 2.03 bits per heavy atom. The first-order valence-corrected chi connectivity index (χ1v) is 10.1. The van der Waals surface area contributed by atoms with Crippen LogP contribution < -0.4 is 14.2 Å². The first-order chi connectivity index (χ1) is 14.0. The molecular weight excluding hydrogens is 394 g/mol. The van der Waals surface area contributed by atoms with Crippen molar-refractivity contribution in [2.75, 3.05) is 18.4 Å². The Kier molecular flexibility index (Phi) is 6.36. The van der Waals surface area contributed by atoms with Crippen LogP contribution in [0.5, 0.6) is 17.2 Å². The topological polar surface area (TPSA) is 90.9 Å².